The molecule has 4 nitrogen and oxygen atoms in total. The van der Waals surface area contributed by atoms with Crippen molar-refractivity contribution in [1.29, 1.82) is 0 Å². The van der Waals surface area contributed by atoms with Crippen LogP contribution < -0.4 is 5.73 Å². The summed E-state index contributed by atoms with van der Waals surface area (Å²) >= 11 is 0. The third-order valence-corrected chi connectivity index (χ3v) is 3.85. The molecule has 0 aliphatic carbocycles. The third kappa shape index (κ3) is 5.71. The topological polar surface area (TPSA) is 71.8 Å². The van der Waals surface area contributed by atoms with Crippen molar-refractivity contribution in [1.82, 2.24) is 9.97 Å². The number of carbonyl (C=O) groups is 1. The summed E-state index contributed by atoms with van der Waals surface area (Å²) in [6.45, 7) is 0. The molecule has 0 aliphatic rings. The maximum Gasteiger partial charge on any atom is 0.154 e. The van der Waals surface area contributed by atoms with E-state index >= 15 is 0 Å². The van der Waals surface area contributed by atoms with E-state index in [1.807, 2.05) is 42.5 Å². The van der Waals surface area contributed by atoms with Gasteiger partial charge in [0.05, 0.1) is 12.4 Å². The van der Waals surface area contributed by atoms with Gasteiger partial charge in [-0.25, -0.2) is 4.98 Å². The first kappa shape index (κ1) is 20.9. The second kappa shape index (κ2) is 9.99. The second-order valence-electron chi connectivity index (χ2n) is 5.59. The number of aromatic nitrogens is 2. The maximum atomic E-state index is 12.2. The number of rotatable bonds is 6. The molecule has 132 valence electrons. The molecule has 0 amide bonds. The molecule has 3 rings (SSSR count). The van der Waals surface area contributed by atoms with E-state index in [9.17, 15) is 4.79 Å². The van der Waals surface area contributed by atoms with Crippen LogP contribution in [-0.4, -0.2) is 21.8 Å². The number of aromatic amines is 1. The highest BCUT2D eigenvalue weighted by molar-refractivity contribution is 5.86. The van der Waals surface area contributed by atoms with Gasteiger partial charge >= 0.3 is 0 Å². The molecule has 0 aliphatic heterocycles. The normalized spacial score (nSPS) is 11.1. The standard InChI is InChI=1S/C19H19N3O.2ClH/c20-18(11-17-12-21-13-22-17)19(23)10-14-6-8-16(9-7-14)15-4-2-1-3-5-15;;/h1-9,12-13,18H,10-11,20H2,(H,21,22);2*1H/t18-;;/m0../s1. The van der Waals surface area contributed by atoms with E-state index < -0.39 is 6.04 Å². The fourth-order valence-electron chi connectivity index (χ4n) is 2.53. The van der Waals surface area contributed by atoms with Crippen molar-refractivity contribution in [3.8, 4) is 11.1 Å². The van der Waals surface area contributed by atoms with Crippen LogP contribution in [0.2, 0.25) is 0 Å². The van der Waals surface area contributed by atoms with Crippen LogP contribution in [0, 0.1) is 0 Å². The molecule has 0 saturated heterocycles. The lowest BCUT2D eigenvalue weighted by molar-refractivity contribution is -0.119. The number of halogens is 2. The monoisotopic (exact) mass is 377 g/mol. The Morgan fingerprint density at radius 1 is 1.00 bits per heavy atom. The van der Waals surface area contributed by atoms with Gasteiger partial charge in [-0.15, -0.1) is 24.8 Å². The van der Waals surface area contributed by atoms with E-state index in [1.54, 1.807) is 12.5 Å². The summed E-state index contributed by atoms with van der Waals surface area (Å²) < 4.78 is 0. The number of benzene rings is 2. The van der Waals surface area contributed by atoms with Crippen LogP contribution >= 0.6 is 24.8 Å². The first-order valence-corrected chi connectivity index (χ1v) is 7.62. The van der Waals surface area contributed by atoms with Crippen molar-refractivity contribution < 1.29 is 4.79 Å². The van der Waals surface area contributed by atoms with Crippen molar-refractivity contribution in [2.24, 2.45) is 5.73 Å². The van der Waals surface area contributed by atoms with E-state index in [-0.39, 0.29) is 30.6 Å². The minimum atomic E-state index is -0.510. The Bertz CT molecular complexity index is 759. The highest BCUT2D eigenvalue weighted by Gasteiger charge is 2.15. The molecule has 0 radical (unpaired) electrons. The molecule has 0 unspecified atom stereocenters. The molecule has 0 bridgehead atoms. The Hall–Kier alpha value is -2.14. The second-order valence-corrected chi connectivity index (χ2v) is 5.59. The van der Waals surface area contributed by atoms with Gasteiger partial charge in [0, 0.05) is 24.7 Å². The molecule has 1 atom stereocenters. The van der Waals surface area contributed by atoms with Crippen LogP contribution in [0.15, 0.2) is 67.1 Å². The van der Waals surface area contributed by atoms with Crippen molar-refractivity contribution >= 4 is 30.6 Å². The number of carbonyl (C=O) groups excluding carboxylic acids is 1. The summed E-state index contributed by atoms with van der Waals surface area (Å²) in [5.41, 5.74) is 10.2. The van der Waals surface area contributed by atoms with Gasteiger partial charge in [0.15, 0.2) is 5.78 Å². The molecule has 0 saturated carbocycles. The summed E-state index contributed by atoms with van der Waals surface area (Å²) in [6.07, 6.45) is 4.13. The van der Waals surface area contributed by atoms with Crippen molar-refractivity contribution in [2.75, 3.05) is 0 Å². The van der Waals surface area contributed by atoms with E-state index in [1.165, 1.54) is 5.56 Å². The average Bonchev–Trinajstić information content (AvgIpc) is 3.09. The minimum absolute atomic E-state index is 0. The van der Waals surface area contributed by atoms with Crippen molar-refractivity contribution in [3.63, 3.8) is 0 Å². The molecular weight excluding hydrogens is 357 g/mol. The zero-order valence-corrected chi connectivity index (χ0v) is 15.2. The Morgan fingerprint density at radius 2 is 1.64 bits per heavy atom. The number of hydrogen-bond donors (Lipinski definition) is 2. The Labute approximate surface area is 159 Å². The van der Waals surface area contributed by atoms with Gasteiger partial charge in [0.1, 0.15) is 0 Å². The molecule has 1 aromatic heterocycles. The number of nitrogens with two attached hydrogens (primary N) is 1. The third-order valence-electron chi connectivity index (χ3n) is 3.85. The number of H-pyrrole nitrogens is 1. The van der Waals surface area contributed by atoms with Crippen LogP contribution in [0.4, 0.5) is 0 Å². The number of hydrogen-bond acceptors (Lipinski definition) is 3. The highest BCUT2D eigenvalue weighted by Crippen LogP contribution is 2.19. The molecule has 1 heterocycles. The average molecular weight is 378 g/mol. The first-order chi connectivity index (χ1) is 11.2. The molecule has 2 aromatic carbocycles. The van der Waals surface area contributed by atoms with Gasteiger partial charge in [-0.3, -0.25) is 4.79 Å². The van der Waals surface area contributed by atoms with E-state index in [0.29, 0.717) is 12.8 Å². The number of nitrogens with zero attached hydrogens (tertiary/aromatic N) is 1. The molecule has 0 spiro atoms. The van der Waals surface area contributed by atoms with Crippen molar-refractivity contribution in [2.45, 2.75) is 18.9 Å². The zero-order chi connectivity index (χ0) is 16.1. The number of Topliss-reactive ketones (excluding diaryl/α,β-unsaturated/α-hetero) is 1. The largest absolute Gasteiger partial charge is 0.348 e. The predicted octanol–water partition coefficient (Wildman–Crippen LogP) is 3.60. The number of nitrogens with one attached hydrogen (secondary N) is 1. The van der Waals surface area contributed by atoms with Crippen LogP contribution in [0.3, 0.4) is 0 Å². The fraction of sp³-hybridized carbons (Fsp3) is 0.158. The lowest BCUT2D eigenvalue weighted by Crippen LogP contribution is -2.34. The quantitative estimate of drug-likeness (QED) is 0.689. The van der Waals surface area contributed by atoms with Crippen LogP contribution in [0.1, 0.15) is 11.3 Å². The molecule has 3 aromatic rings. The Balaban J connectivity index is 0.00000156. The van der Waals surface area contributed by atoms with Gasteiger partial charge in [0.2, 0.25) is 0 Å². The maximum absolute atomic E-state index is 12.2. The van der Waals surface area contributed by atoms with Gasteiger partial charge in [0.25, 0.3) is 0 Å². The SMILES string of the molecule is Cl.Cl.N[C@@H](Cc1cnc[nH]1)C(=O)Cc1ccc(-c2ccccc2)cc1. The predicted molar refractivity (Wildman–Crippen MR) is 105 cm³/mol. The number of ketones is 1. The molecule has 25 heavy (non-hydrogen) atoms. The lowest BCUT2D eigenvalue weighted by atomic mass is 9.98. The summed E-state index contributed by atoms with van der Waals surface area (Å²) in [7, 11) is 0. The molecular formula is C19H21Cl2N3O. The minimum Gasteiger partial charge on any atom is -0.348 e. The first-order valence-electron chi connectivity index (χ1n) is 7.62. The fourth-order valence-corrected chi connectivity index (χ4v) is 2.53. The highest BCUT2D eigenvalue weighted by atomic mass is 35.5. The Morgan fingerprint density at radius 3 is 2.24 bits per heavy atom. The molecule has 6 heteroatoms. The van der Waals surface area contributed by atoms with Gasteiger partial charge < -0.3 is 10.7 Å². The summed E-state index contributed by atoms with van der Waals surface area (Å²) in [5.74, 6) is 0.0343. The molecule has 0 fully saturated rings. The summed E-state index contributed by atoms with van der Waals surface area (Å²) in [5, 5.41) is 0. The molecule has 3 N–H and O–H groups in total. The van der Waals surface area contributed by atoms with Gasteiger partial charge in [-0.1, -0.05) is 54.6 Å². The van der Waals surface area contributed by atoms with Gasteiger partial charge in [-0.05, 0) is 16.7 Å². The van der Waals surface area contributed by atoms with Gasteiger partial charge in [-0.2, -0.15) is 0 Å². The Kier molecular flexibility index (Phi) is 8.35. The van der Waals surface area contributed by atoms with Crippen LogP contribution in [0.5, 0.6) is 0 Å². The smallest absolute Gasteiger partial charge is 0.154 e. The van der Waals surface area contributed by atoms with E-state index in [4.69, 9.17) is 5.73 Å². The summed E-state index contributed by atoms with van der Waals surface area (Å²) in [4.78, 5) is 19.1. The van der Waals surface area contributed by atoms with E-state index in [2.05, 4.69) is 22.1 Å². The van der Waals surface area contributed by atoms with Crippen LogP contribution in [0.25, 0.3) is 11.1 Å². The number of imidazole rings is 1. The lowest BCUT2D eigenvalue weighted by Gasteiger charge is -2.10. The van der Waals surface area contributed by atoms with E-state index in [0.717, 1.165) is 16.8 Å². The van der Waals surface area contributed by atoms with Crippen molar-refractivity contribution in [3.05, 3.63) is 78.4 Å². The van der Waals surface area contributed by atoms with Crippen LogP contribution in [-0.2, 0) is 17.6 Å². The zero-order valence-electron chi connectivity index (χ0n) is 13.6. The summed E-state index contributed by atoms with van der Waals surface area (Å²) in [6, 6.07) is 17.7.